The molecule has 0 saturated carbocycles. The maximum atomic E-state index is 5.69. The van der Waals surface area contributed by atoms with Crippen LogP contribution in [0, 0.1) is 5.92 Å². The second-order valence-electron chi connectivity index (χ2n) is 4.25. The molecule has 0 spiro atoms. The molecule has 1 unspecified atom stereocenters. The van der Waals surface area contributed by atoms with Gasteiger partial charge in [-0.3, -0.25) is 0 Å². The zero-order valence-corrected chi connectivity index (χ0v) is 8.97. The van der Waals surface area contributed by atoms with E-state index in [9.17, 15) is 0 Å². The molecule has 1 heterocycles. The summed E-state index contributed by atoms with van der Waals surface area (Å²) in [6, 6.07) is 0. The fraction of sp³-hybridized carbons (Fsp3) is 1.00. The van der Waals surface area contributed by atoms with Crippen LogP contribution in [0.1, 0.15) is 39.0 Å². The van der Waals surface area contributed by atoms with Gasteiger partial charge in [0.15, 0.2) is 0 Å². The maximum Gasteiger partial charge on any atom is 0.00217 e. The fourth-order valence-corrected chi connectivity index (χ4v) is 2.13. The van der Waals surface area contributed by atoms with E-state index >= 15 is 0 Å². The van der Waals surface area contributed by atoms with Gasteiger partial charge in [-0.05, 0) is 44.8 Å². The van der Waals surface area contributed by atoms with E-state index in [1.807, 2.05) is 0 Å². The van der Waals surface area contributed by atoms with Gasteiger partial charge in [0.05, 0.1) is 0 Å². The number of nitrogens with two attached hydrogens (primary N) is 1. The van der Waals surface area contributed by atoms with E-state index in [1.165, 1.54) is 51.7 Å². The van der Waals surface area contributed by atoms with Crippen molar-refractivity contribution in [3.8, 4) is 0 Å². The standard InChI is InChI=1S/C11H24N2/c1-2-3-4-7-13-8-5-6-11(9-12)10-13/h11H,2-10,12H2,1H3. The Labute approximate surface area is 82.5 Å². The Morgan fingerprint density at radius 2 is 2.23 bits per heavy atom. The number of hydrogen-bond acceptors (Lipinski definition) is 2. The summed E-state index contributed by atoms with van der Waals surface area (Å²) in [5.41, 5.74) is 5.69. The molecule has 2 N–H and O–H groups in total. The molecule has 1 saturated heterocycles. The smallest absolute Gasteiger partial charge is 0.00217 e. The molecule has 13 heavy (non-hydrogen) atoms. The summed E-state index contributed by atoms with van der Waals surface area (Å²) in [4.78, 5) is 2.59. The van der Waals surface area contributed by atoms with Crippen LogP contribution in [0.15, 0.2) is 0 Å². The van der Waals surface area contributed by atoms with Gasteiger partial charge in [-0.15, -0.1) is 0 Å². The van der Waals surface area contributed by atoms with Crippen LogP contribution in [-0.4, -0.2) is 31.1 Å². The van der Waals surface area contributed by atoms with Crippen molar-refractivity contribution in [1.82, 2.24) is 4.90 Å². The van der Waals surface area contributed by atoms with Gasteiger partial charge in [-0.25, -0.2) is 0 Å². The lowest BCUT2D eigenvalue weighted by Gasteiger charge is -2.31. The number of piperidine rings is 1. The maximum absolute atomic E-state index is 5.69. The lowest BCUT2D eigenvalue weighted by atomic mass is 9.98. The highest BCUT2D eigenvalue weighted by Gasteiger charge is 2.17. The van der Waals surface area contributed by atoms with Gasteiger partial charge in [-0.2, -0.15) is 0 Å². The Balaban J connectivity index is 2.11. The molecule has 1 atom stereocenters. The molecular formula is C11H24N2. The second-order valence-corrected chi connectivity index (χ2v) is 4.25. The molecule has 0 aromatic rings. The predicted octanol–water partition coefficient (Wildman–Crippen LogP) is 1.85. The molecule has 1 aliphatic heterocycles. The minimum Gasteiger partial charge on any atom is -0.330 e. The molecule has 0 bridgehead atoms. The minimum absolute atomic E-state index is 0.773. The Hall–Kier alpha value is -0.0800. The zero-order chi connectivity index (χ0) is 9.52. The third-order valence-electron chi connectivity index (χ3n) is 3.01. The molecule has 0 aromatic carbocycles. The van der Waals surface area contributed by atoms with Gasteiger partial charge < -0.3 is 10.6 Å². The summed E-state index contributed by atoms with van der Waals surface area (Å²) in [5.74, 6) is 0.773. The van der Waals surface area contributed by atoms with Gasteiger partial charge in [0.25, 0.3) is 0 Å². The lowest BCUT2D eigenvalue weighted by molar-refractivity contribution is 0.175. The van der Waals surface area contributed by atoms with E-state index in [-0.39, 0.29) is 0 Å². The van der Waals surface area contributed by atoms with E-state index < -0.39 is 0 Å². The van der Waals surface area contributed by atoms with Crippen LogP contribution in [0.2, 0.25) is 0 Å². The molecular weight excluding hydrogens is 160 g/mol. The third kappa shape index (κ3) is 4.10. The van der Waals surface area contributed by atoms with Crippen LogP contribution in [0.4, 0.5) is 0 Å². The molecule has 0 aliphatic carbocycles. The highest BCUT2D eigenvalue weighted by atomic mass is 15.1. The molecule has 2 nitrogen and oxygen atoms in total. The van der Waals surface area contributed by atoms with E-state index in [2.05, 4.69) is 11.8 Å². The summed E-state index contributed by atoms with van der Waals surface area (Å²) in [5, 5.41) is 0. The Morgan fingerprint density at radius 1 is 1.38 bits per heavy atom. The summed E-state index contributed by atoms with van der Waals surface area (Å²) < 4.78 is 0. The number of nitrogens with zero attached hydrogens (tertiary/aromatic N) is 1. The average molecular weight is 184 g/mol. The SMILES string of the molecule is CCCCCN1CCCC(CN)C1. The van der Waals surface area contributed by atoms with Gasteiger partial charge in [0.1, 0.15) is 0 Å². The minimum atomic E-state index is 0.773. The van der Waals surface area contributed by atoms with Gasteiger partial charge in [-0.1, -0.05) is 19.8 Å². The van der Waals surface area contributed by atoms with E-state index in [4.69, 9.17) is 5.73 Å². The molecule has 0 radical (unpaired) electrons. The van der Waals surface area contributed by atoms with E-state index in [0.29, 0.717) is 0 Å². The third-order valence-corrected chi connectivity index (χ3v) is 3.01. The average Bonchev–Trinajstić information content (AvgIpc) is 2.19. The zero-order valence-electron chi connectivity index (χ0n) is 8.97. The normalized spacial score (nSPS) is 24.9. The number of unbranched alkanes of at least 4 members (excludes halogenated alkanes) is 2. The first-order valence-electron chi connectivity index (χ1n) is 5.79. The van der Waals surface area contributed by atoms with Crippen molar-refractivity contribution in [3.63, 3.8) is 0 Å². The lowest BCUT2D eigenvalue weighted by Crippen LogP contribution is -2.38. The van der Waals surface area contributed by atoms with E-state index in [1.54, 1.807) is 0 Å². The second kappa shape index (κ2) is 6.39. The summed E-state index contributed by atoms with van der Waals surface area (Å²) in [6.45, 7) is 6.99. The molecule has 2 heteroatoms. The van der Waals surface area contributed by atoms with Crippen molar-refractivity contribution in [3.05, 3.63) is 0 Å². The highest BCUT2D eigenvalue weighted by Crippen LogP contribution is 2.15. The number of likely N-dealkylation sites (tertiary alicyclic amines) is 1. The summed E-state index contributed by atoms with van der Waals surface area (Å²) in [7, 11) is 0. The van der Waals surface area contributed by atoms with Crippen LogP contribution in [0.25, 0.3) is 0 Å². The first kappa shape index (κ1) is 11.0. The first-order chi connectivity index (χ1) is 6.36. The molecule has 1 fully saturated rings. The van der Waals surface area contributed by atoms with Crippen molar-refractivity contribution < 1.29 is 0 Å². The topological polar surface area (TPSA) is 29.3 Å². The number of hydrogen-bond donors (Lipinski definition) is 1. The molecule has 0 amide bonds. The van der Waals surface area contributed by atoms with Gasteiger partial charge in [0, 0.05) is 6.54 Å². The Kier molecular flexibility index (Phi) is 5.40. The van der Waals surface area contributed by atoms with Crippen LogP contribution >= 0.6 is 0 Å². The van der Waals surface area contributed by atoms with Crippen LogP contribution in [0.3, 0.4) is 0 Å². The molecule has 0 aromatic heterocycles. The van der Waals surface area contributed by atoms with Gasteiger partial charge >= 0.3 is 0 Å². The van der Waals surface area contributed by atoms with Crippen molar-refractivity contribution in [2.45, 2.75) is 39.0 Å². The quantitative estimate of drug-likeness (QED) is 0.661. The van der Waals surface area contributed by atoms with Crippen LogP contribution < -0.4 is 5.73 Å². The van der Waals surface area contributed by atoms with Crippen molar-refractivity contribution in [1.29, 1.82) is 0 Å². The fourth-order valence-electron chi connectivity index (χ4n) is 2.13. The van der Waals surface area contributed by atoms with Crippen molar-refractivity contribution in [2.75, 3.05) is 26.2 Å². The summed E-state index contributed by atoms with van der Waals surface area (Å²) >= 11 is 0. The van der Waals surface area contributed by atoms with E-state index in [0.717, 1.165) is 12.5 Å². The van der Waals surface area contributed by atoms with Gasteiger partial charge in [0.2, 0.25) is 0 Å². The molecule has 78 valence electrons. The highest BCUT2D eigenvalue weighted by molar-refractivity contribution is 4.73. The largest absolute Gasteiger partial charge is 0.330 e. The predicted molar refractivity (Wildman–Crippen MR) is 57.7 cm³/mol. The Morgan fingerprint density at radius 3 is 2.92 bits per heavy atom. The number of rotatable bonds is 5. The molecule has 1 aliphatic rings. The monoisotopic (exact) mass is 184 g/mol. The molecule has 1 rings (SSSR count). The van der Waals surface area contributed by atoms with Crippen molar-refractivity contribution >= 4 is 0 Å². The van der Waals surface area contributed by atoms with Crippen LogP contribution in [-0.2, 0) is 0 Å². The Bertz CT molecular complexity index is 125. The van der Waals surface area contributed by atoms with Crippen molar-refractivity contribution in [2.24, 2.45) is 11.7 Å². The van der Waals surface area contributed by atoms with Crippen LogP contribution in [0.5, 0.6) is 0 Å². The summed E-state index contributed by atoms with van der Waals surface area (Å²) in [6.07, 6.45) is 6.78. The first-order valence-corrected chi connectivity index (χ1v) is 5.79.